The first kappa shape index (κ1) is 33.1. The Labute approximate surface area is 253 Å². The molecule has 3 aromatic rings. The molecule has 1 aliphatic rings. The normalized spacial score (nSPS) is 16.5. The zero-order valence-electron chi connectivity index (χ0n) is 23.9. The predicted octanol–water partition coefficient (Wildman–Crippen LogP) is 4.48. The standard InChI is InChI=1S/C25H35ClN4O4.C6H5Cl/c1-25(33,18-30-10-8-29(9-11-30)12-13-31)20-4-7-23(19(14-20)17-32)24(34-3)28(2)16-22-6-5-21(26)15-27-22;7-6-4-2-1-3-5-6/h4-7,14-15,17,24,31,33H,8-13,16,18H2,1-3H3;1-5H. The number of β-amino-alcohol motifs (C(OH)–C–C–N with tert-alkyl or cyclic N) is 2. The third kappa shape index (κ3) is 10.1. The third-order valence-electron chi connectivity index (χ3n) is 7.07. The Morgan fingerprint density at radius 3 is 2.27 bits per heavy atom. The number of carbonyl (C=O) groups is 1. The van der Waals surface area contributed by atoms with E-state index in [2.05, 4.69) is 14.8 Å². The van der Waals surface area contributed by atoms with E-state index >= 15 is 0 Å². The molecular weight excluding hydrogens is 563 g/mol. The number of aliphatic hydroxyl groups excluding tert-OH is 1. The third-order valence-corrected chi connectivity index (χ3v) is 7.55. The van der Waals surface area contributed by atoms with Crippen LogP contribution in [0.15, 0.2) is 66.9 Å². The number of pyridine rings is 1. The fraction of sp³-hybridized carbons (Fsp3) is 0.419. The summed E-state index contributed by atoms with van der Waals surface area (Å²) in [5.41, 5.74) is 1.62. The van der Waals surface area contributed by atoms with Gasteiger partial charge in [-0.1, -0.05) is 53.5 Å². The van der Waals surface area contributed by atoms with Gasteiger partial charge in [-0.3, -0.25) is 24.5 Å². The number of aromatic nitrogens is 1. The molecular formula is C31H40Cl2N4O4. The summed E-state index contributed by atoms with van der Waals surface area (Å²) in [4.78, 5) is 22.7. The number of ether oxygens (including phenoxy) is 1. The van der Waals surface area contributed by atoms with Gasteiger partial charge in [-0.25, -0.2) is 0 Å². The van der Waals surface area contributed by atoms with Crippen molar-refractivity contribution in [1.82, 2.24) is 19.7 Å². The maximum atomic E-state index is 12.0. The van der Waals surface area contributed by atoms with Gasteiger partial charge in [-0.15, -0.1) is 0 Å². The fourth-order valence-electron chi connectivity index (χ4n) is 4.87. The summed E-state index contributed by atoms with van der Waals surface area (Å²) < 4.78 is 5.73. The van der Waals surface area contributed by atoms with E-state index in [-0.39, 0.29) is 6.61 Å². The van der Waals surface area contributed by atoms with Crippen molar-refractivity contribution < 1.29 is 19.7 Å². The van der Waals surface area contributed by atoms with Crippen molar-refractivity contribution in [2.24, 2.45) is 0 Å². The van der Waals surface area contributed by atoms with Gasteiger partial charge in [0.25, 0.3) is 0 Å². The highest BCUT2D eigenvalue weighted by molar-refractivity contribution is 6.30. The monoisotopic (exact) mass is 602 g/mol. The van der Waals surface area contributed by atoms with Gasteiger partial charge in [0.05, 0.1) is 22.9 Å². The van der Waals surface area contributed by atoms with Crippen LogP contribution in [0.2, 0.25) is 10.0 Å². The first-order valence-corrected chi connectivity index (χ1v) is 14.3. The fourth-order valence-corrected chi connectivity index (χ4v) is 5.13. The van der Waals surface area contributed by atoms with Crippen LogP contribution in [-0.2, 0) is 16.9 Å². The minimum atomic E-state index is -1.11. The van der Waals surface area contributed by atoms with Crippen molar-refractivity contribution in [2.75, 3.05) is 60.0 Å². The van der Waals surface area contributed by atoms with E-state index in [0.717, 1.165) is 48.7 Å². The average molecular weight is 604 g/mol. The number of methoxy groups -OCH3 is 1. The molecule has 1 saturated heterocycles. The number of halogens is 2. The summed E-state index contributed by atoms with van der Waals surface area (Å²) >= 11 is 11.5. The van der Waals surface area contributed by atoms with Crippen LogP contribution in [0.1, 0.15) is 40.3 Å². The van der Waals surface area contributed by atoms with E-state index in [0.29, 0.717) is 35.8 Å². The number of hydrogen-bond donors (Lipinski definition) is 2. The summed E-state index contributed by atoms with van der Waals surface area (Å²) in [5, 5.41) is 21.8. The van der Waals surface area contributed by atoms with Gasteiger partial charge >= 0.3 is 0 Å². The SMILES string of the molecule is COC(c1ccc(C(C)(O)CN2CCN(CCO)CC2)cc1C=O)N(C)Cc1ccc(Cl)cn1.Clc1ccccc1. The topological polar surface area (TPSA) is 89.4 Å². The highest BCUT2D eigenvalue weighted by atomic mass is 35.5. The molecule has 2 heterocycles. The zero-order chi connectivity index (χ0) is 29.8. The van der Waals surface area contributed by atoms with Gasteiger partial charge in [0.1, 0.15) is 12.5 Å². The number of nitrogens with zero attached hydrogens (tertiary/aromatic N) is 4. The lowest BCUT2D eigenvalue weighted by Gasteiger charge is -2.38. The van der Waals surface area contributed by atoms with Crippen LogP contribution in [-0.4, -0.2) is 96.2 Å². The molecule has 0 bridgehead atoms. The van der Waals surface area contributed by atoms with E-state index in [4.69, 9.17) is 33.0 Å². The number of aliphatic hydroxyl groups is 2. The molecule has 8 nitrogen and oxygen atoms in total. The minimum Gasteiger partial charge on any atom is -0.395 e. The van der Waals surface area contributed by atoms with E-state index in [1.54, 1.807) is 32.4 Å². The summed E-state index contributed by atoms with van der Waals surface area (Å²) in [6.07, 6.45) is 1.95. The zero-order valence-corrected chi connectivity index (χ0v) is 25.4. The molecule has 4 rings (SSSR count). The van der Waals surface area contributed by atoms with Crippen LogP contribution in [0.3, 0.4) is 0 Å². The lowest BCUT2D eigenvalue weighted by atomic mass is 9.91. The summed E-state index contributed by atoms with van der Waals surface area (Å²) in [6.45, 7) is 6.96. The molecule has 222 valence electrons. The molecule has 0 spiro atoms. The van der Waals surface area contributed by atoms with Crippen molar-refractivity contribution in [3.8, 4) is 0 Å². The molecule has 2 aromatic carbocycles. The number of piperazine rings is 1. The Balaban J connectivity index is 0.000000575. The van der Waals surface area contributed by atoms with Crippen molar-refractivity contribution >= 4 is 29.5 Å². The number of aldehydes is 1. The number of benzene rings is 2. The van der Waals surface area contributed by atoms with Crippen molar-refractivity contribution in [1.29, 1.82) is 0 Å². The Morgan fingerprint density at radius 2 is 1.73 bits per heavy atom. The molecule has 1 aliphatic heterocycles. The van der Waals surface area contributed by atoms with Gasteiger partial charge in [-0.2, -0.15) is 0 Å². The van der Waals surface area contributed by atoms with Gasteiger partial charge in [0, 0.05) is 75.3 Å². The maximum absolute atomic E-state index is 12.0. The second kappa shape index (κ2) is 16.3. The summed E-state index contributed by atoms with van der Waals surface area (Å²) in [7, 11) is 3.51. The molecule has 2 unspecified atom stereocenters. The molecule has 0 saturated carbocycles. The number of rotatable bonds is 11. The van der Waals surface area contributed by atoms with Crippen molar-refractivity contribution in [3.05, 3.63) is 99.3 Å². The van der Waals surface area contributed by atoms with Crippen LogP contribution < -0.4 is 0 Å². The van der Waals surface area contributed by atoms with Crippen LogP contribution >= 0.6 is 23.2 Å². The Bertz CT molecular complexity index is 1210. The Hall–Kier alpha value is -2.40. The maximum Gasteiger partial charge on any atom is 0.150 e. The van der Waals surface area contributed by atoms with Crippen LogP contribution in [0.4, 0.5) is 0 Å². The molecule has 41 heavy (non-hydrogen) atoms. The molecule has 2 N–H and O–H groups in total. The molecule has 10 heteroatoms. The number of carbonyl (C=O) groups excluding carboxylic acids is 1. The molecule has 1 aromatic heterocycles. The second-order valence-electron chi connectivity index (χ2n) is 10.3. The van der Waals surface area contributed by atoms with E-state index < -0.39 is 11.8 Å². The van der Waals surface area contributed by atoms with Gasteiger partial charge < -0.3 is 14.9 Å². The average Bonchev–Trinajstić information content (AvgIpc) is 2.96. The quantitative estimate of drug-likeness (QED) is 0.245. The second-order valence-corrected chi connectivity index (χ2v) is 11.2. The highest BCUT2D eigenvalue weighted by Gasteiger charge is 2.30. The lowest BCUT2D eigenvalue weighted by molar-refractivity contribution is -0.0257. The van der Waals surface area contributed by atoms with E-state index in [1.165, 1.54) is 0 Å². The van der Waals surface area contributed by atoms with Gasteiger partial charge in [0.2, 0.25) is 0 Å². The van der Waals surface area contributed by atoms with Crippen molar-refractivity contribution in [2.45, 2.75) is 25.3 Å². The molecule has 2 atom stereocenters. The molecule has 1 fully saturated rings. The summed E-state index contributed by atoms with van der Waals surface area (Å²) in [6, 6.07) is 18.6. The van der Waals surface area contributed by atoms with Gasteiger partial charge in [-0.05, 0) is 49.9 Å². The van der Waals surface area contributed by atoms with Crippen LogP contribution in [0.5, 0.6) is 0 Å². The smallest absolute Gasteiger partial charge is 0.150 e. The Kier molecular flexibility index (Phi) is 13.2. The first-order chi connectivity index (χ1) is 19.7. The first-order valence-electron chi connectivity index (χ1n) is 13.6. The summed E-state index contributed by atoms with van der Waals surface area (Å²) in [5.74, 6) is 0. The van der Waals surface area contributed by atoms with Crippen molar-refractivity contribution in [3.63, 3.8) is 0 Å². The number of hydrogen-bond acceptors (Lipinski definition) is 8. The van der Waals surface area contributed by atoms with Gasteiger partial charge in [0.15, 0.2) is 0 Å². The largest absolute Gasteiger partial charge is 0.395 e. The van der Waals surface area contributed by atoms with Crippen LogP contribution in [0.25, 0.3) is 0 Å². The predicted molar refractivity (Wildman–Crippen MR) is 163 cm³/mol. The lowest BCUT2D eigenvalue weighted by Crippen LogP contribution is -2.50. The molecule has 0 amide bonds. The Morgan fingerprint density at radius 1 is 1.05 bits per heavy atom. The van der Waals surface area contributed by atoms with E-state index in [1.807, 2.05) is 60.5 Å². The molecule has 0 radical (unpaired) electrons. The van der Waals surface area contributed by atoms with E-state index in [9.17, 15) is 9.90 Å². The van der Waals surface area contributed by atoms with Crippen LogP contribution in [0, 0.1) is 0 Å². The highest BCUT2D eigenvalue weighted by Crippen LogP contribution is 2.30. The minimum absolute atomic E-state index is 0.159. The molecule has 0 aliphatic carbocycles.